The van der Waals surface area contributed by atoms with E-state index in [1.807, 2.05) is 0 Å². The van der Waals surface area contributed by atoms with Crippen LogP contribution in [-0.2, 0) is 9.84 Å². The number of benzene rings is 1. The van der Waals surface area contributed by atoms with Crippen LogP contribution in [0.25, 0.3) is 0 Å². The molecule has 1 aromatic carbocycles. The lowest BCUT2D eigenvalue weighted by Crippen LogP contribution is -2.32. The van der Waals surface area contributed by atoms with Gasteiger partial charge >= 0.3 is 0 Å². The van der Waals surface area contributed by atoms with Crippen molar-refractivity contribution < 1.29 is 13.5 Å². The zero-order valence-corrected chi connectivity index (χ0v) is 10.8. The molecule has 0 radical (unpaired) electrons. The molecule has 1 atom stereocenters. The van der Waals surface area contributed by atoms with E-state index in [1.54, 1.807) is 26.0 Å². The maximum absolute atomic E-state index is 12.1. The van der Waals surface area contributed by atoms with Gasteiger partial charge in [-0.2, -0.15) is 0 Å². The fraction of sp³-hybridized carbons (Fsp3) is 0.400. The molecule has 82 valence electrons. The van der Waals surface area contributed by atoms with Gasteiger partial charge in [0.1, 0.15) is 10.9 Å². The van der Waals surface area contributed by atoms with Crippen molar-refractivity contribution in [3.8, 4) is 0 Å². The zero-order valence-electron chi connectivity index (χ0n) is 8.36. The minimum absolute atomic E-state index is 0.231. The van der Waals surface area contributed by atoms with Gasteiger partial charge in [0, 0.05) is 10.0 Å². The highest BCUT2D eigenvalue weighted by molar-refractivity contribution is 9.10. The molecule has 0 saturated carbocycles. The van der Waals surface area contributed by atoms with Crippen LogP contribution in [0.4, 0.5) is 0 Å². The minimum Gasteiger partial charge on any atom is -0.387 e. The predicted octanol–water partition coefficient (Wildman–Crippen LogP) is 2.05. The summed E-state index contributed by atoms with van der Waals surface area (Å²) in [4.78, 5) is 0.231. The maximum atomic E-state index is 12.1. The molecule has 2 rings (SSSR count). The third-order valence-corrected chi connectivity index (χ3v) is 6.16. The van der Waals surface area contributed by atoms with Gasteiger partial charge in [-0.25, -0.2) is 8.42 Å². The van der Waals surface area contributed by atoms with Gasteiger partial charge in [0.25, 0.3) is 0 Å². The fourth-order valence-corrected chi connectivity index (χ4v) is 4.26. The van der Waals surface area contributed by atoms with Crippen LogP contribution in [0.5, 0.6) is 0 Å². The standard InChI is InChI=1S/C10H11BrO3S/c1-10(2)9(12)8-6(11)4-3-5-7(8)15(10,13)14/h3-5,9,12H,1-2H3. The van der Waals surface area contributed by atoms with E-state index in [-0.39, 0.29) is 4.90 Å². The van der Waals surface area contributed by atoms with Crippen LogP contribution in [0.15, 0.2) is 27.6 Å². The summed E-state index contributed by atoms with van der Waals surface area (Å²) in [5.74, 6) is 0. The van der Waals surface area contributed by atoms with E-state index < -0.39 is 20.7 Å². The molecule has 3 nitrogen and oxygen atoms in total. The van der Waals surface area contributed by atoms with Crippen molar-refractivity contribution >= 4 is 25.8 Å². The molecule has 1 heterocycles. The van der Waals surface area contributed by atoms with Gasteiger partial charge in [-0.05, 0) is 26.0 Å². The molecule has 0 aliphatic carbocycles. The monoisotopic (exact) mass is 290 g/mol. The summed E-state index contributed by atoms with van der Waals surface area (Å²) >= 11 is 3.27. The Hall–Kier alpha value is -0.390. The molecule has 1 aliphatic rings. The van der Waals surface area contributed by atoms with Crippen LogP contribution >= 0.6 is 15.9 Å². The molecule has 0 amide bonds. The van der Waals surface area contributed by atoms with Gasteiger partial charge in [0.2, 0.25) is 0 Å². The highest BCUT2D eigenvalue weighted by atomic mass is 79.9. The van der Waals surface area contributed by atoms with E-state index in [4.69, 9.17) is 0 Å². The van der Waals surface area contributed by atoms with Gasteiger partial charge in [0.05, 0.1) is 4.90 Å². The van der Waals surface area contributed by atoms with Gasteiger partial charge in [0.15, 0.2) is 9.84 Å². The molecule has 0 spiro atoms. The fourth-order valence-electron chi connectivity index (χ4n) is 1.79. The molecule has 1 aliphatic heterocycles. The molecule has 1 aromatic rings. The van der Waals surface area contributed by atoms with E-state index in [0.717, 1.165) is 0 Å². The molecular formula is C10H11BrO3S. The highest BCUT2D eigenvalue weighted by Gasteiger charge is 2.51. The average molecular weight is 291 g/mol. The van der Waals surface area contributed by atoms with E-state index in [2.05, 4.69) is 15.9 Å². The predicted molar refractivity (Wildman–Crippen MR) is 60.4 cm³/mol. The normalized spacial score (nSPS) is 26.3. The number of fused-ring (bicyclic) bond motifs is 1. The number of halogens is 1. The van der Waals surface area contributed by atoms with Crippen molar-refractivity contribution in [3.63, 3.8) is 0 Å². The van der Waals surface area contributed by atoms with Crippen LogP contribution in [0.3, 0.4) is 0 Å². The Bertz CT molecular complexity index is 519. The van der Waals surface area contributed by atoms with E-state index in [1.165, 1.54) is 6.07 Å². The highest BCUT2D eigenvalue weighted by Crippen LogP contribution is 2.48. The number of rotatable bonds is 0. The number of aliphatic hydroxyl groups is 1. The Morgan fingerprint density at radius 1 is 1.40 bits per heavy atom. The second kappa shape index (κ2) is 3.06. The zero-order chi connectivity index (χ0) is 11.4. The molecule has 0 fully saturated rings. The SMILES string of the molecule is CC1(C)C(O)c2c(Br)cccc2S1(=O)=O. The Balaban J connectivity index is 2.87. The molecular weight excluding hydrogens is 280 g/mol. The summed E-state index contributed by atoms with van der Waals surface area (Å²) in [5, 5.41) is 10.0. The number of sulfone groups is 1. The first-order valence-corrected chi connectivity index (χ1v) is 6.79. The van der Waals surface area contributed by atoms with Crippen LogP contribution < -0.4 is 0 Å². The van der Waals surface area contributed by atoms with E-state index >= 15 is 0 Å². The Kier molecular flexibility index (Phi) is 2.26. The van der Waals surface area contributed by atoms with Gasteiger partial charge in [-0.15, -0.1) is 0 Å². The van der Waals surface area contributed by atoms with Crippen LogP contribution in [-0.4, -0.2) is 18.3 Å². The van der Waals surface area contributed by atoms with Crippen LogP contribution in [0.2, 0.25) is 0 Å². The first-order valence-electron chi connectivity index (χ1n) is 4.51. The summed E-state index contributed by atoms with van der Waals surface area (Å²) < 4.78 is 23.7. The second-order valence-corrected chi connectivity index (χ2v) is 7.51. The third-order valence-electron chi connectivity index (χ3n) is 2.93. The van der Waals surface area contributed by atoms with Crippen molar-refractivity contribution in [3.05, 3.63) is 28.2 Å². The molecule has 0 saturated heterocycles. The molecule has 0 bridgehead atoms. The summed E-state index contributed by atoms with van der Waals surface area (Å²) in [6.07, 6.45) is -0.979. The summed E-state index contributed by atoms with van der Waals surface area (Å²) in [7, 11) is -3.44. The maximum Gasteiger partial charge on any atom is 0.186 e. The van der Waals surface area contributed by atoms with Gasteiger partial charge < -0.3 is 5.11 Å². The van der Waals surface area contributed by atoms with Gasteiger partial charge in [-0.1, -0.05) is 22.0 Å². The quantitative estimate of drug-likeness (QED) is 0.796. The molecule has 0 aromatic heterocycles. The second-order valence-electron chi connectivity index (χ2n) is 4.16. The van der Waals surface area contributed by atoms with Crippen LogP contribution in [0.1, 0.15) is 25.5 Å². The molecule has 5 heteroatoms. The van der Waals surface area contributed by atoms with Crippen molar-refractivity contribution in [2.24, 2.45) is 0 Å². The number of aliphatic hydroxyl groups excluding tert-OH is 1. The summed E-state index contributed by atoms with van der Waals surface area (Å²) in [5.41, 5.74) is 0.475. The largest absolute Gasteiger partial charge is 0.387 e. The van der Waals surface area contributed by atoms with E-state index in [9.17, 15) is 13.5 Å². The lowest BCUT2D eigenvalue weighted by molar-refractivity contribution is 0.143. The van der Waals surface area contributed by atoms with Crippen molar-refractivity contribution in [1.29, 1.82) is 0 Å². The Morgan fingerprint density at radius 3 is 2.53 bits per heavy atom. The smallest absolute Gasteiger partial charge is 0.186 e. The lowest BCUT2D eigenvalue weighted by atomic mass is 9.99. The van der Waals surface area contributed by atoms with Gasteiger partial charge in [-0.3, -0.25) is 0 Å². The third kappa shape index (κ3) is 1.23. The number of hydrogen-bond acceptors (Lipinski definition) is 3. The minimum atomic E-state index is -3.44. The van der Waals surface area contributed by atoms with Crippen molar-refractivity contribution in [1.82, 2.24) is 0 Å². The molecule has 1 unspecified atom stereocenters. The summed E-state index contributed by atoms with van der Waals surface area (Å²) in [6, 6.07) is 4.93. The first-order chi connectivity index (χ1) is 6.80. The molecule has 1 N–H and O–H groups in total. The van der Waals surface area contributed by atoms with Crippen molar-refractivity contribution in [2.75, 3.05) is 0 Å². The summed E-state index contributed by atoms with van der Waals surface area (Å²) in [6.45, 7) is 3.08. The Labute approximate surface area is 97.2 Å². The Morgan fingerprint density at radius 2 is 2.00 bits per heavy atom. The van der Waals surface area contributed by atoms with Crippen molar-refractivity contribution in [2.45, 2.75) is 29.6 Å². The average Bonchev–Trinajstić information content (AvgIpc) is 2.27. The van der Waals surface area contributed by atoms with E-state index in [0.29, 0.717) is 10.0 Å². The first kappa shape index (κ1) is 11.1. The number of hydrogen-bond donors (Lipinski definition) is 1. The topological polar surface area (TPSA) is 54.4 Å². The van der Waals surface area contributed by atoms with Crippen LogP contribution in [0, 0.1) is 0 Å². The molecule has 15 heavy (non-hydrogen) atoms. The lowest BCUT2D eigenvalue weighted by Gasteiger charge is -2.21.